The highest BCUT2D eigenvalue weighted by Gasteiger charge is 2.15. The number of amides is 1. The van der Waals surface area contributed by atoms with E-state index in [2.05, 4.69) is 15.3 Å². The first-order chi connectivity index (χ1) is 10.7. The molecule has 0 bridgehead atoms. The molecule has 1 aromatic heterocycles. The van der Waals surface area contributed by atoms with E-state index in [-0.39, 0.29) is 5.91 Å². The maximum Gasteiger partial charge on any atom is 0.261 e. The normalized spacial score (nSPS) is 10.6. The summed E-state index contributed by atoms with van der Waals surface area (Å²) in [5.74, 6) is 0.541. The average Bonchev–Trinajstić information content (AvgIpc) is 2.91. The third kappa shape index (κ3) is 2.89. The number of H-pyrrole nitrogens is 1. The Bertz CT molecular complexity index is 796. The van der Waals surface area contributed by atoms with Gasteiger partial charge in [0.05, 0.1) is 23.2 Å². The fourth-order valence-electron chi connectivity index (χ4n) is 2.15. The van der Waals surface area contributed by atoms with E-state index < -0.39 is 0 Å². The van der Waals surface area contributed by atoms with E-state index in [1.807, 2.05) is 31.2 Å². The maximum atomic E-state index is 12.4. The van der Waals surface area contributed by atoms with Crippen molar-refractivity contribution in [3.8, 4) is 5.75 Å². The Labute approximate surface area is 132 Å². The van der Waals surface area contributed by atoms with Crippen molar-refractivity contribution in [2.24, 2.45) is 0 Å². The van der Waals surface area contributed by atoms with Gasteiger partial charge in [-0.05, 0) is 37.3 Å². The molecule has 2 aromatic carbocycles. The number of halogens is 1. The number of nitrogens with zero attached hydrogens (tertiary/aromatic N) is 1. The van der Waals surface area contributed by atoms with Crippen molar-refractivity contribution in [1.29, 1.82) is 0 Å². The third-order valence-electron chi connectivity index (χ3n) is 3.11. The predicted octanol–water partition coefficient (Wildman–Crippen LogP) is 3.87. The van der Waals surface area contributed by atoms with Crippen molar-refractivity contribution >= 4 is 34.5 Å². The lowest BCUT2D eigenvalue weighted by molar-refractivity contribution is 0.102. The Morgan fingerprint density at radius 2 is 2.14 bits per heavy atom. The summed E-state index contributed by atoms with van der Waals surface area (Å²) in [6.45, 7) is 2.32. The lowest BCUT2D eigenvalue weighted by Crippen LogP contribution is -2.14. The minimum atomic E-state index is -0.329. The predicted molar refractivity (Wildman–Crippen MR) is 86.7 cm³/mol. The standard InChI is InChI=1S/C16H14ClN3O2/c1-2-22-14-8-7-10(17)9-11(14)15(21)20-16-18-12-5-3-4-6-13(12)19-16/h3-9H,2H2,1H3,(H2,18,19,20,21). The number of carbonyl (C=O) groups excluding carboxylic acids is 1. The molecular formula is C16H14ClN3O2. The summed E-state index contributed by atoms with van der Waals surface area (Å²) in [5.41, 5.74) is 2.01. The van der Waals surface area contributed by atoms with Crippen molar-refractivity contribution in [2.45, 2.75) is 6.92 Å². The first kappa shape index (κ1) is 14.4. The van der Waals surface area contributed by atoms with Gasteiger partial charge in [0.15, 0.2) is 0 Å². The zero-order valence-corrected chi connectivity index (χ0v) is 12.6. The number of para-hydroxylation sites is 2. The molecule has 0 atom stereocenters. The van der Waals surface area contributed by atoms with Gasteiger partial charge in [-0.3, -0.25) is 10.1 Å². The molecule has 1 heterocycles. The minimum Gasteiger partial charge on any atom is -0.493 e. The van der Waals surface area contributed by atoms with Crippen molar-refractivity contribution in [3.05, 3.63) is 53.1 Å². The van der Waals surface area contributed by atoms with E-state index in [0.717, 1.165) is 11.0 Å². The smallest absolute Gasteiger partial charge is 0.261 e. The number of benzene rings is 2. The van der Waals surface area contributed by atoms with Crippen LogP contribution in [0.3, 0.4) is 0 Å². The fourth-order valence-corrected chi connectivity index (χ4v) is 2.32. The van der Waals surface area contributed by atoms with Crippen molar-refractivity contribution in [1.82, 2.24) is 9.97 Å². The summed E-state index contributed by atoms with van der Waals surface area (Å²) in [6, 6.07) is 12.5. The molecule has 1 amide bonds. The molecule has 2 N–H and O–H groups in total. The molecule has 3 aromatic rings. The van der Waals surface area contributed by atoms with Crippen LogP contribution in [0.5, 0.6) is 5.75 Å². The minimum absolute atomic E-state index is 0.329. The summed E-state index contributed by atoms with van der Waals surface area (Å²) in [6.07, 6.45) is 0. The van der Waals surface area contributed by atoms with Crippen LogP contribution in [0.1, 0.15) is 17.3 Å². The van der Waals surface area contributed by atoms with Crippen LogP contribution >= 0.6 is 11.6 Å². The van der Waals surface area contributed by atoms with Crippen molar-refractivity contribution < 1.29 is 9.53 Å². The summed E-state index contributed by atoms with van der Waals surface area (Å²) >= 11 is 5.97. The number of nitrogens with one attached hydrogen (secondary N) is 2. The van der Waals surface area contributed by atoms with E-state index in [1.165, 1.54) is 0 Å². The number of imidazole rings is 1. The summed E-state index contributed by atoms with van der Waals surface area (Å²) in [4.78, 5) is 19.8. The first-order valence-electron chi connectivity index (χ1n) is 6.86. The summed E-state index contributed by atoms with van der Waals surface area (Å²) < 4.78 is 5.46. The van der Waals surface area contributed by atoms with E-state index in [1.54, 1.807) is 18.2 Å². The molecule has 0 saturated carbocycles. The number of anilines is 1. The Kier molecular flexibility index (Phi) is 3.98. The molecule has 5 nitrogen and oxygen atoms in total. The lowest BCUT2D eigenvalue weighted by atomic mass is 10.2. The summed E-state index contributed by atoms with van der Waals surface area (Å²) in [5, 5.41) is 3.20. The van der Waals surface area contributed by atoms with Crippen molar-refractivity contribution in [3.63, 3.8) is 0 Å². The van der Waals surface area contributed by atoms with Crippen LogP contribution < -0.4 is 10.1 Å². The van der Waals surface area contributed by atoms with E-state index in [9.17, 15) is 4.79 Å². The Hall–Kier alpha value is -2.53. The van der Waals surface area contributed by atoms with Crippen LogP contribution in [-0.4, -0.2) is 22.5 Å². The van der Waals surface area contributed by atoms with Crippen LogP contribution in [0.15, 0.2) is 42.5 Å². The molecule has 3 rings (SSSR count). The molecule has 0 spiro atoms. The van der Waals surface area contributed by atoms with Gasteiger partial charge in [-0.2, -0.15) is 0 Å². The molecule has 0 aliphatic rings. The van der Waals surface area contributed by atoms with Crippen molar-refractivity contribution in [2.75, 3.05) is 11.9 Å². The van der Waals surface area contributed by atoms with E-state index in [4.69, 9.17) is 16.3 Å². The quantitative estimate of drug-likeness (QED) is 0.768. The molecule has 112 valence electrons. The highest BCUT2D eigenvalue weighted by molar-refractivity contribution is 6.31. The fraction of sp³-hybridized carbons (Fsp3) is 0.125. The Morgan fingerprint density at radius 3 is 2.91 bits per heavy atom. The molecule has 0 aliphatic heterocycles. The highest BCUT2D eigenvalue weighted by atomic mass is 35.5. The van der Waals surface area contributed by atoms with E-state index in [0.29, 0.717) is 28.9 Å². The first-order valence-corrected chi connectivity index (χ1v) is 7.23. The van der Waals surface area contributed by atoms with Gasteiger partial charge in [0.1, 0.15) is 5.75 Å². The Morgan fingerprint density at radius 1 is 1.32 bits per heavy atom. The van der Waals surface area contributed by atoms with Crippen LogP contribution in [-0.2, 0) is 0 Å². The van der Waals surface area contributed by atoms with Gasteiger partial charge in [0.2, 0.25) is 5.95 Å². The maximum absolute atomic E-state index is 12.4. The largest absolute Gasteiger partial charge is 0.493 e. The van der Waals surface area contributed by atoms with Gasteiger partial charge >= 0.3 is 0 Å². The third-order valence-corrected chi connectivity index (χ3v) is 3.34. The second-order valence-corrected chi connectivity index (χ2v) is 5.07. The number of hydrogen-bond donors (Lipinski definition) is 2. The number of hydrogen-bond acceptors (Lipinski definition) is 3. The van der Waals surface area contributed by atoms with Crippen LogP contribution in [0.4, 0.5) is 5.95 Å². The van der Waals surface area contributed by atoms with Gasteiger partial charge in [-0.15, -0.1) is 0 Å². The summed E-state index contributed by atoms with van der Waals surface area (Å²) in [7, 11) is 0. The number of fused-ring (bicyclic) bond motifs is 1. The van der Waals surface area contributed by atoms with Gasteiger partial charge in [-0.1, -0.05) is 23.7 Å². The second kappa shape index (κ2) is 6.07. The molecular weight excluding hydrogens is 302 g/mol. The van der Waals surface area contributed by atoms with Gasteiger partial charge < -0.3 is 9.72 Å². The van der Waals surface area contributed by atoms with Crippen LogP contribution in [0.25, 0.3) is 11.0 Å². The molecule has 22 heavy (non-hydrogen) atoms. The monoisotopic (exact) mass is 315 g/mol. The van der Waals surface area contributed by atoms with Gasteiger partial charge in [0.25, 0.3) is 5.91 Å². The molecule has 0 radical (unpaired) electrons. The Balaban J connectivity index is 1.89. The molecule has 0 aliphatic carbocycles. The molecule has 0 fully saturated rings. The van der Waals surface area contributed by atoms with Gasteiger partial charge in [0, 0.05) is 5.02 Å². The van der Waals surface area contributed by atoms with Gasteiger partial charge in [-0.25, -0.2) is 4.98 Å². The number of ether oxygens (including phenoxy) is 1. The second-order valence-electron chi connectivity index (χ2n) is 4.63. The number of aromatic amines is 1. The van der Waals surface area contributed by atoms with Crippen LogP contribution in [0.2, 0.25) is 5.02 Å². The number of carbonyl (C=O) groups is 1. The lowest BCUT2D eigenvalue weighted by Gasteiger charge is -2.09. The topological polar surface area (TPSA) is 67.0 Å². The zero-order chi connectivity index (χ0) is 15.5. The number of rotatable bonds is 4. The molecule has 0 unspecified atom stereocenters. The molecule has 6 heteroatoms. The number of aromatic nitrogens is 2. The average molecular weight is 316 g/mol. The highest BCUT2D eigenvalue weighted by Crippen LogP contribution is 2.24. The SMILES string of the molecule is CCOc1ccc(Cl)cc1C(=O)Nc1nc2ccccc2[nH]1. The van der Waals surface area contributed by atoms with Crippen LogP contribution in [0, 0.1) is 0 Å². The zero-order valence-electron chi connectivity index (χ0n) is 11.9. The van der Waals surface area contributed by atoms with E-state index >= 15 is 0 Å². The molecule has 0 saturated heterocycles.